The molecule has 1 saturated heterocycles. The van der Waals surface area contributed by atoms with Gasteiger partial charge in [0.15, 0.2) is 23.7 Å². The van der Waals surface area contributed by atoms with Crippen LogP contribution in [0.5, 0.6) is 11.5 Å². The highest BCUT2D eigenvalue weighted by atomic mass is 19.4. The van der Waals surface area contributed by atoms with Gasteiger partial charge in [-0.05, 0) is 51.1 Å². The number of rotatable bonds is 6. The van der Waals surface area contributed by atoms with Crippen molar-refractivity contribution in [1.82, 2.24) is 4.90 Å². The summed E-state index contributed by atoms with van der Waals surface area (Å²) in [6.07, 6.45) is -5.65. The summed E-state index contributed by atoms with van der Waals surface area (Å²) in [5.74, 6) is -4.74. The standard InChI is InChI=1S/C30H31NO9.C2HF3O2/c1-16(37-17(2)32)27(34)40-24(18-7-5-4-6-8-18)28(35)38-21-11-12-30(36)22-15-19-9-10-20(33)25-23(19)29(30,26(21)39-25)13-14-31(22)3;3-2(4,5)1(6)7/h4-11,16,22,24,26,33,36H,12-15H2,1-3H3;(H,6,7)/t16?,22-,24?,26+,29+,30-;/m1./s1. The summed E-state index contributed by atoms with van der Waals surface area (Å²) < 4.78 is 54.4. The van der Waals surface area contributed by atoms with Gasteiger partial charge in [0.25, 0.3) is 0 Å². The fraction of sp³-hybridized carbons (Fsp3) is 0.438. The first-order valence-electron chi connectivity index (χ1n) is 14.6. The van der Waals surface area contributed by atoms with E-state index in [2.05, 4.69) is 4.90 Å². The molecule has 47 heavy (non-hydrogen) atoms. The van der Waals surface area contributed by atoms with Gasteiger partial charge in [0.05, 0.1) is 11.0 Å². The van der Waals surface area contributed by atoms with Crippen molar-refractivity contribution in [1.29, 1.82) is 0 Å². The van der Waals surface area contributed by atoms with Crippen molar-refractivity contribution < 1.29 is 66.6 Å². The monoisotopic (exact) mass is 663 g/mol. The highest BCUT2D eigenvalue weighted by molar-refractivity contribution is 5.84. The van der Waals surface area contributed by atoms with Crippen LogP contribution >= 0.6 is 0 Å². The van der Waals surface area contributed by atoms with Gasteiger partial charge < -0.3 is 39.2 Å². The number of likely N-dealkylation sites (N-methyl/N-ethyl adjacent to an activating group) is 1. The second-order valence-corrected chi connectivity index (χ2v) is 11.8. The number of esters is 3. The molecule has 6 atom stereocenters. The zero-order valence-corrected chi connectivity index (χ0v) is 25.4. The van der Waals surface area contributed by atoms with E-state index in [0.717, 1.165) is 11.1 Å². The van der Waals surface area contributed by atoms with Crippen molar-refractivity contribution >= 4 is 23.9 Å². The van der Waals surface area contributed by atoms with Gasteiger partial charge in [-0.15, -0.1) is 0 Å². The van der Waals surface area contributed by atoms with E-state index < -0.39 is 59.4 Å². The number of halogens is 3. The first-order chi connectivity index (χ1) is 22.0. The molecular weight excluding hydrogens is 631 g/mol. The molecule has 2 heterocycles. The van der Waals surface area contributed by atoms with Crippen LogP contribution in [0.25, 0.3) is 0 Å². The number of ether oxygens (including phenoxy) is 4. The van der Waals surface area contributed by atoms with Gasteiger partial charge in [-0.25, -0.2) is 14.4 Å². The third-order valence-electron chi connectivity index (χ3n) is 9.04. The van der Waals surface area contributed by atoms with Crippen molar-refractivity contribution in [2.45, 2.75) is 74.7 Å². The van der Waals surface area contributed by atoms with E-state index in [0.29, 0.717) is 30.7 Å². The van der Waals surface area contributed by atoms with Crippen LogP contribution in [-0.2, 0) is 45.2 Å². The van der Waals surface area contributed by atoms with Gasteiger partial charge in [0.1, 0.15) is 5.76 Å². The number of piperidine rings is 1. The average Bonchev–Trinajstić information content (AvgIpc) is 3.36. The third-order valence-corrected chi connectivity index (χ3v) is 9.04. The molecule has 0 radical (unpaired) electrons. The van der Waals surface area contributed by atoms with Crippen LogP contribution in [0.2, 0.25) is 0 Å². The molecule has 3 N–H and O–H groups in total. The lowest BCUT2D eigenvalue weighted by atomic mass is 9.50. The van der Waals surface area contributed by atoms with E-state index in [1.165, 1.54) is 13.8 Å². The van der Waals surface area contributed by atoms with Crippen molar-refractivity contribution in [2.24, 2.45) is 0 Å². The number of carbonyl (C=O) groups excluding carboxylic acids is 3. The second kappa shape index (κ2) is 12.2. The van der Waals surface area contributed by atoms with E-state index in [-0.39, 0.29) is 24.0 Å². The quantitative estimate of drug-likeness (QED) is 0.306. The first-order valence-corrected chi connectivity index (χ1v) is 14.6. The number of hydrogen-bond donors (Lipinski definition) is 3. The Labute approximate surface area is 266 Å². The van der Waals surface area contributed by atoms with Crippen LogP contribution in [0.1, 0.15) is 49.5 Å². The Morgan fingerprint density at radius 2 is 1.72 bits per heavy atom. The van der Waals surface area contributed by atoms with E-state index in [1.54, 1.807) is 42.5 Å². The van der Waals surface area contributed by atoms with Gasteiger partial charge in [0, 0.05) is 30.5 Å². The van der Waals surface area contributed by atoms with Gasteiger partial charge >= 0.3 is 30.1 Å². The van der Waals surface area contributed by atoms with E-state index in [4.69, 9.17) is 28.8 Å². The predicted molar refractivity (Wildman–Crippen MR) is 153 cm³/mol. The van der Waals surface area contributed by atoms with Crippen molar-refractivity contribution in [2.75, 3.05) is 13.6 Å². The Bertz CT molecular complexity index is 1630. The van der Waals surface area contributed by atoms with Crippen LogP contribution in [0.3, 0.4) is 0 Å². The van der Waals surface area contributed by atoms with Crippen LogP contribution in [0.15, 0.2) is 54.3 Å². The van der Waals surface area contributed by atoms with Gasteiger partial charge in [-0.1, -0.05) is 36.4 Å². The largest absolute Gasteiger partial charge is 0.504 e. The number of phenolic OH excluding ortho intramolecular Hbond substituents is 1. The molecule has 2 bridgehead atoms. The van der Waals surface area contributed by atoms with E-state index in [9.17, 15) is 37.8 Å². The number of aliphatic carboxylic acids is 1. The van der Waals surface area contributed by atoms with Crippen molar-refractivity contribution in [3.63, 3.8) is 0 Å². The Morgan fingerprint density at radius 1 is 1.06 bits per heavy atom. The maximum absolute atomic E-state index is 13.7. The average molecular weight is 664 g/mol. The molecule has 4 aliphatic rings. The number of carboxylic acid groups (broad SMARTS) is 1. The molecule has 0 saturated carbocycles. The Hall–Kier alpha value is -4.63. The van der Waals surface area contributed by atoms with E-state index >= 15 is 0 Å². The molecule has 1 spiro atoms. The number of nitrogens with zero attached hydrogens (tertiary/aromatic N) is 1. The van der Waals surface area contributed by atoms with Crippen LogP contribution in [-0.4, -0.2) is 87.7 Å². The molecule has 2 aliphatic carbocycles. The molecule has 2 aromatic rings. The first kappa shape index (κ1) is 33.7. The lowest BCUT2D eigenvalue weighted by molar-refractivity contribution is -0.192. The minimum atomic E-state index is -5.08. The van der Waals surface area contributed by atoms with Gasteiger partial charge in [-0.2, -0.15) is 13.2 Å². The number of carboxylic acids is 1. The Balaban J connectivity index is 0.000000559. The number of benzene rings is 2. The predicted octanol–water partition coefficient (Wildman–Crippen LogP) is 3.08. The summed E-state index contributed by atoms with van der Waals surface area (Å²) in [5, 5.41) is 30.1. The molecule has 2 unspecified atom stereocenters. The number of aliphatic hydroxyl groups is 1. The number of likely N-dealkylation sites (tertiary alicyclic amines) is 1. The third kappa shape index (κ3) is 5.78. The number of phenols is 1. The molecule has 6 rings (SSSR count). The SMILES string of the molecule is CC(=O)OC(C)C(=O)OC(C(=O)OC1=CC[C@@]2(O)[C@H]3Cc4ccc(O)c5c4[C@@]2(CCN3C)[C@H]1O5)c1ccccc1.O=C(O)C(F)(F)F. The summed E-state index contributed by atoms with van der Waals surface area (Å²) >= 11 is 0. The number of carbonyl (C=O) groups is 4. The topological polar surface area (TPSA) is 169 Å². The summed E-state index contributed by atoms with van der Waals surface area (Å²) in [6.45, 7) is 3.21. The summed E-state index contributed by atoms with van der Waals surface area (Å²) in [4.78, 5) is 48.8. The zero-order valence-electron chi connectivity index (χ0n) is 25.4. The highest BCUT2D eigenvalue weighted by Crippen LogP contribution is 2.65. The van der Waals surface area contributed by atoms with Crippen molar-refractivity contribution in [3.8, 4) is 11.5 Å². The maximum Gasteiger partial charge on any atom is 0.490 e. The van der Waals surface area contributed by atoms with Gasteiger partial charge in [-0.3, -0.25) is 4.79 Å². The van der Waals surface area contributed by atoms with Crippen LogP contribution in [0, 0.1) is 0 Å². The molecule has 1 fully saturated rings. The maximum atomic E-state index is 13.7. The summed E-state index contributed by atoms with van der Waals surface area (Å²) in [6, 6.07) is 11.7. The molecular formula is C32H32F3NO11. The highest BCUT2D eigenvalue weighted by Gasteiger charge is 2.72. The zero-order chi connectivity index (χ0) is 34.5. The molecule has 2 aliphatic heterocycles. The molecule has 12 nitrogen and oxygen atoms in total. The molecule has 252 valence electrons. The van der Waals surface area contributed by atoms with Crippen LogP contribution in [0.4, 0.5) is 13.2 Å². The number of hydrogen-bond acceptors (Lipinski definition) is 11. The summed E-state index contributed by atoms with van der Waals surface area (Å²) in [5.41, 5.74) is -0.0162. The number of alkyl halides is 3. The van der Waals surface area contributed by atoms with Gasteiger partial charge in [0.2, 0.25) is 6.10 Å². The minimum absolute atomic E-state index is 0.0384. The molecule has 15 heteroatoms. The summed E-state index contributed by atoms with van der Waals surface area (Å²) in [7, 11) is 1.99. The molecule has 0 aromatic heterocycles. The normalized spacial score (nSPS) is 26.6. The van der Waals surface area contributed by atoms with Crippen molar-refractivity contribution in [3.05, 3.63) is 71.0 Å². The smallest absolute Gasteiger partial charge is 0.490 e. The van der Waals surface area contributed by atoms with Crippen LogP contribution < -0.4 is 4.74 Å². The Kier molecular flexibility index (Phi) is 8.75. The molecule has 2 aromatic carbocycles. The number of aromatic hydroxyl groups is 1. The fourth-order valence-electron chi connectivity index (χ4n) is 7.00. The second-order valence-electron chi connectivity index (χ2n) is 11.8. The lowest BCUT2D eigenvalue weighted by Crippen LogP contribution is -2.74. The van der Waals surface area contributed by atoms with E-state index in [1.807, 2.05) is 13.1 Å². The molecule has 0 amide bonds. The minimum Gasteiger partial charge on any atom is -0.504 e. The Morgan fingerprint density at radius 3 is 2.34 bits per heavy atom. The fourth-order valence-corrected chi connectivity index (χ4v) is 7.00. The lowest BCUT2D eigenvalue weighted by Gasteiger charge is -2.61.